The third-order valence-electron chi connectivity index (χ3n) is 3.99. The van der Waals surface area contributed by atoms with E-state index in [0.29, 0.717) is 36.6 Å². The first-order valence-electron chi connectivity index (χ1n) is 7.25. The Morgan fingerprint density at radius 1 is 1.36 bits per heavy atom. The van der Waals surface area contributed by atoms with Crippen LogP contribution in [0.15, 0.2) is 18.2 Å². The highest BCUT2D eigenvalue weighted by Gasteiger charge is 2.42. The number of carboxylic acid groups (broad SMARTS) is 1. The number of aliphatic carboxylic acids is 1. The van der Waals surface area contributed by atoms with Gasteiger partial charge in [0, 0.05) is 18.7 Å². The van der Waals surface area contributed by atoms with Crippen molar-refractivity contribution in [2.45, 2.75) is 20.3 Å². The summed E-state index contributed by atoms with van der Waals surface area (Å²) in [5.41, 5.74) is -0.399. The van der Waals surface area contributed by atoms with Gasteiger partial charge in [-0.15, -0.1) is 0 Å². The Morgan fingerprint density at radius 3 is 2.64 bits per heavy atom. The Hall–Kier alpha value is -2.24. The smallest absolute Gasteiger partial charge is 0.311 e. The van der Waals surface area contributed by atoms with Crippen LogP contribution >= 0.6 is 0 Å². The lowest BCUT2D eigenvalue weighted by Gasteiger charge is -2.20. The van der Waals surface area contributed by atoms with Crippen molar-refractivity contribution < 1.29 is 24.2 Å². The molecule has 1 aromatic carbocycles. The fourth-order valence-electron chi connectivity index (χ4n) is 2.57. The van der Waals surface area contributed by atoms with Crippen molar-refractivity contribution in [3.05, 3.63) is 23.8 Å². The van der Waals surface area contributed by atoms with Gasteiger partial charge in [-0.1, -0.05) is 0 Å². The number of methoxy groups -OCH3 is 1. The highest BCUT2D eigenvalue weighted by Crippen LogP contribution is 2.33. The number of nitrogens with zero attached hydrogens (tertiary/aromatic N) is 1. The number of ether oxygens (including phenoxy) is 2. The first kappa shape index (κ1) is 16.1. The van der Waals surface area contributed by atoms with Crippen LogP contribution in [0.25, 0.3) is 0 Å². The standard InChI is InChI=1S/C16H21NO5/c1-4-22-13-9-11(5-6-12(13)21-3)14(18)17-8-7-16(2,10-17)15(19)20/h5-6,9H,4,7-8,10H2,1-3H3,(H,19,20)/t16-/m0/s1. The van der Waals surface area contributed by atoms with Crippen molar-refractivity contribution >= 4 is 11.9 Å². The number of likely N-dealkylation sites (tertiary alicyclic amines) is 1. The summed E-state index contributed by atoms with van der Waals surface area (Å²) >= 11 is 0. The summed E-state index contributed by atoms with van der Waals surface area (Å²) in [6.45, 7) is 4.65. The lowest BCUT2D eigenvalue weighted by molar-refractivity contribution is -0.147. The third-order valence-corrected chi connectivity index (χ3v) is 3.99. The fraction of sp³-hybridized carbons (Fsp3) is 0.500. The number of carboxylic acids is 1. The molecule has 1 heterocycles. The number of benzene rings is 1. The van der Waals surface area contributed by atoms with E-state index in [1.165, 1.54) is 7.11 Å². The van der Waals surface area contributed by atoms with Crippen molar-refractivity contribution in [3.63, 3.8) is 0 Å². The first-order chi connectivity index (χ1) is 10.4. The zero-order valence-electron chi connectivity index (χ0n) is 13.1. The van der Waals surface area contributed by atoms with Gasteiger partial charge in [0.05, 0.1) is 19.1 Å². The molecule has 120 valence electrons. The van der Waals surface area contributed by atoms with Gasteiger partial charge in [0.15, 0.2) is 11.5 Å². The highest BCUT2D eigenvalue weighted by molar-refractivity contribution is 5.95. The van der Waals surface area contributed by atoms with Crippen molar-refractivity contribution in [2.24, 2.45) is 5.41 Å². The summed E-state index contributed by atoms with van der Waals surface area (Å²) in [4.78, 5) is 25.4. The van der Waals surface area contributed by atoms with Gasteiger partial charge in [0.1, 0.15) is 0 Å². The summed E-state index contributed by atoms with van der Waals surface area (Å²) in [7, 11) is 1.54. The number of hydrogen-bond donors (Lipinski definition) is 1. The summed E-state index contributed by atoms with van der Waals surface area (Å²) in [5, 5.41) is 9.25. The zero-order chi connectivity index (χ0) is 16.3. The topological polar surface area (TPSA) is 76.1 Å². The summed E-state index contributed by atoms with van der Waals surface area (Å²) in [6.07, 6.45) is 0.461. The summed E-state index contributed by atoms with van der Waals surface area (Å²) < 4.78 is 10.7. The molecule has 1 saturated heterocycles. The van der Waals surface area contributed by atoms with Gasteiger partial charge in [-0.2, -0.15) is 0 Å². The molecule has 0 radical (unpaired) electrons. The Bertz CT molecular complexity index is 586. The molecular formula is C16H21NO5. The van der Waals surface area contributed by atoms with Crippen molar-refractivity contribution in [3.8, 4) is 11.5 Å². The van der Waals surface area contributed by atoms with Crippen LogP contribution in [-0.2, 0) is 4.79 Å². The molecule has 1 aliphatic rings. The van der Waals surface area contributed by atoms with Gasteiger partial charge in [0.2, 0.25) is 0 Å². The number of carbonyl (C=O) groups is 2. The molecule has 6 nitrogen and oxygen atoms in total. The predicted octanol–water partition coefficient (Wildman–Crippen LogP) is 2.03. The van der Waals surface area contributed by atoms with Crippen molar-refractivity contribution in [2.75, 3.05) is 26.8 Å². The molecule has 1 aliphatic heterocycles. The molecule has 0 unspecified atom stereocenters. The van der Waals surface area contributed by atoms with Gasteiger partial charge in [-0.25, -0.2) is 0 Å². The van der Waals surface area contributed by atoms with Gasteiger partial charge in [0.25, 0.3) is 5.91 Å². The number of rotatable bonds is 5. The number of amides is 1. The molecule has 1 amide bonds. The van der Waals surface area contributed by atoms with E-state index < -0.39 is 11.4 Å². The van der Waals surface area contributed by atoms with Crippen LogP contribution in [0, 0.1) is 5.41 Å². The van der Waals surface area contributed by atoms with E-state index in [-0.39, 0.29) is 12.5 Å². The molecule has 0 aromatic heterocycles. The van der Waals surface area contributed by atoms with Crippen LogP contribution in [0.4, 0.5) is 0 Å². The molecule has 22 heavy (non-hydrogen) atoms. The average Bonchev–Trinajstić information content (AvgIpc) is 2.91. The van der Waals surface area contributed by atoms with Crippen LogP contribution in [0.1, 0.15) is 30.6 Å². The second-order valence-electron chi connectivity index (χ2n) is 5.64. The SMILES string of the molecule is CCOc1cc(C(=O)N2CC[C@](C)(C(=O)O)C2)ccc1OC. The summed E-state index contributed by atoms with van der Waals surface area (Å²) in [6, 6.07) is 4.99. The van der Waals surface area contributed by atoms with E-state index in [2.05, 4.69) is 0 Å². The molecule has 0 spiro atoms. The van der Waals surface area contributed by atoms with E-state index in [0.717, 1.165) is 0 Å². The minimum absolute atomic E-state index is 0.186. The Kier molecular flexibility index (Phi) is 4.59. The van der Waals surface area contributed by atoms with Gasteiger partial charge >= 0.3 is 5.97 Å². The zero-order valence-corrected chi connectivity index (χ0v) is 13.1. The molecule has 1 atom stereocenters. The van der Waals surface area contributed by atoms with Crippen LogP contribution in [0.2, 0.25) is 0 Å². The Balaban J connectivity index is 2.20. The van der Waals surface area contributed by atoms with Crippen LogP contribution in [0.5, 0.6) is 11.5 Å². The molecule has 2 rings (SSSR count). The van der Waals surface area contributed by atoms with E-state index in [4.69, 9.17) is 9.47 Å². The maximum absolute atomic E-state index is 12.6. The first-order valence-corrected chi connectivity index (χ1v) is 7.25. The van der Waals surface area contributed by atoms with E-state index in [9.17, 15) is 14.7 Å². The quantitative estimate of drug-likeness (QED) is 0.900. The average molecular weight is 307 g/mol. The summed E-state index contributed by atoms with van der Waals surface area (Å²) in [5.74, 6) is 0.0207. The second-order valence-corrected chi connectivity index (χ2v) is 5.64. The van der Waals surface area contributed by atoms with Gasteiger partial charge in [-0.05, 0) is 38.5 Å². The van der Waals surface area contributed by atoms with Gasteiger partial charge in [-0.3, -0.25) is 9.59 Å². The molecule has 0 bridgehead atoms. The Labute approximate surface area is 129 Å². The van der Waals surface area contributed by atoms with Crippen LogP contribution < -0.4 is 9.47 Å². The molecular weight excluding hydrogens is 286 g/mol. The highest BCUT2D eigenvalue weighted by atomic mass is 16.5. The molecule has 1 fully saturated rings. The third kappa shape index (κ3) is 3.00. The van der Waals surface area contributed by atoms with Crippen LogP contribution in [0.3, 0.4) is 0 Å². The maximum atomic E-state index is 12.6. The largest absolute Gasteiger partial charge is 0.493 e. The lowest BCUT2D eigenvalue weighted by Crippen LogP contribution is -2.34. The number of hydrogen-bond acceptors (Lipinski definition) is 4. The monoisotopic (exact) mass is 307 g/mol. The molecule has 6 heteroatoms. The van der Waals surface area contributed by atoms with Gasteiger partial charge < -0.3 is 19.5 Å². The number of carbonyl (C=O) groups excluding carboxylic acids is 1. The molecule has 1 aromatic rings. The molecule has 0 aliphatic carbocycles. The minimum atomic E-state index is -0.870. The second kappa shape index (κ2) is 6.25. The fourth-order valence-corrected chi connectivity index (χ4v) is 2.57. The van der Waals surface area contributed by atoms with E-state index in [1.54, 1.807) is 30.0 Å². The van der Waals surface area contributed by atoms with Crippen molar-refractivity contribution in [1.29, 1.82) is 0 Å². The van der Waals surface area contributed by atoms with E-state index in [1.807, 2.05) is 6.92 Å². The normalized spacial score (nSPS) is 20.8. The molecule has 1 N–H and O–H groups in total. The Morgan fingerprint density at radius 2 is 2.09 bits per heavy atom. The predicted molar refractivity (Wildman–Crippen MR) is 80.4 cm³/mol. The van der Waals surface area contributed by atoms with Crippen LogP contribution in [-0.4, -0.2) is 48.7 Å². The lowest BCUT2D eigenvalue weighted by atomic mass is 9.90. The van der Waals surface area contributed by atoms with E-state index >= 15 is 0 Å². The molecule has 0 saturated carbocycles. The minimum Gasteiger partial charge on any atom is -0.493 e. The van der Waals surface area contributed by atoms with Crippen molar-refractivity contribution in [1.82, 2.24) is 4.90 Å². The maximum Gasteiger partial charge on any atom is 0.311 e.